The summed E-state index contributed by atoms with van der Waals surface area (Å²) in [7, 11) is 0. The van der Waals surface area contributed by atoms with Gasteiger partial charge in [0.15, 0.2) is 23.1 Å². The SMILES string of the molecule is CCc1nc(-c2cccc(-c3cccc4oc(C)nc34)c2)nc(-c2cccc(-c3cccc4c3sc3ccccc34)c2)n1. The summed E-state index contributed by atoms with van der Waals surface area (Å²) >= 11 is 1.84. The quantitative estimate of drug-likeness (QED) is 0.205. The molecule has 8 aromatic rings. The molecule has 6 heteroatoms. The third-order valence-electron chi connectivity index (χ3n) is 7.79. The lowest BCUT2D eigenvalue weighted by Gasteiger charge is -2.10. The summed E-state index contributed by atoms with van der Waals surface area (Å²) < 4.78 is 8.37. The van der Waals surface area contributed by atoms with Gasteiger partial charge in [0.1, 0.15) is 11.3 Å². The fraction of sp³-hybridized carbons (Fsp3) is 0.0811. The largest absolute Gasteiger partial charge is 0.441 e. The normalized spacial score (nSPS) is 11.6. The minimum atomic E-state index is 0.652. The summed E-state index contributed by atoms with van der Waals surface area (Å²) in [6.45, 7) is 3.95. The lowest BCUT2D eigenvalue weighted by molar-refractivity contribution is 0.561. The number of benzene rings is 5. The Hall–Kier alpha value is -5.20. The maximum Gasteiger partial charge on any atom is 0.192 e. The zero-order chi connectivity index (χ0) is 28.9. The molecule has 206 valence electrons. The van der Waals surface area contributed by atoms with Crippen molar-refractivity contribution in [1.82, 2.24) is 19.9 Å². The molecule has 0 amide bonds. The smallest absolute Gasteiger partial charge is 0.192 e. The van der Waals surface area contributed by atoms with Crippen LogP contribution < -0.4 is 0 Å². The van der Waals surface area contributed by atoms with Crippen molar-refractivity contribution in [2.75, 3.05) is 0 Å². The molecule has 0 fully saturated rings. The Morgan fingerprint density at radius 3 is 2.00 bits per heavy atom. The minimum Gasteiger partial charge on any atom is -0.441 e. The second-order valence-corrected chi connectivity index (χ2v) is 11.6. The lowest BCUT2D eigenvalue weighted by atomic mass is 10.0. The first-order chi connectivity index (χ1) is 21.1. The van der Waals surface area contributed by atoms with Crippen molar-refractivity contribution < 1.29 is 4.42 Å². The van der Waals surface area contributed by atoms with Crippen LogP contribution in [0.3, 0.4) is 0 Å². The second-order valence-electron chi connectivity index (χ2n) is 10.6. The van der Waals surface area contributed by atoms with E-state index in [9.17, 15) is 0 Å². The molecule has 5 aromatic carbocycles. The van der Waals surface area contributed by atoms with Crippen LogP contribution in [0, 0.1) is 6.92 Å². The van der Waals surface area contributed by atoms with E-state index < -0.39 is 0 Å². The van der Waals surface area contributed by atoms with E-state index in [4.69, 9.17) is 19.4 Å². The van der Waals surface area contributed by atoms with Crippen LogP contribution in [0.5, 0.6) is 0 Å². The van der Waals surface area contributed by atoms with Gasteiger partial charge in [-0.3, -0.25) is 0 Å². The van der Waals surface area contributed by atoms with Gasteiger partial charge in [0.05, 0.1) is 0 Å². The van der Waals surface area contributed by atoms with E-state index in [0.29, 0.717) is 24.0 Å². The number of thiophene rings is 1. The van der Waals surface area contributed by atoms with Crippen molar-refractivity contribution in [2.24, 2.45) is 0 Å². The predicted molar refractivity (Wildman–Crippen MR) is 176 cm³/mol. The molecule has 0 bridgehead atoms. The maximum atomic E-state index is 5.78. The number of aryl methyl sites for hydroxylation is 2. The molecular weight excluding hydrogens is 549 g/mol. The summed E-state index contributed by atoms with van der Waals surface area (Å²) in [4.78, 5) is 19.3. The molecule has 8 rings (SSSR count). The van der Waals surface area contributed by atoms with Gasteiger partial charge in [0, 0.05) is 50.2 Å². The van der Waals surface area contributed by atoms with Crippen molar-refractivity contribution >= 4 is 42.6 Å². The van der Waals surface area contributed by atoms with Crippen molar-refractivity contribution in [3.05, 3.63) is 121 Å². The van der Waals surface area contributed by atoms with E-state index in [1.165, 1.54) is 25.7 Å². The molecule has 0 saturated heterocycles. The van der Waals surface area contributed by atoms with Crippen molar-refractivity contribution in [3.8, 4) is 45.0 Å². The predicted octanol–water partition coefficient (Wildman–Crippen LogP) is 9.92. The highest BCUT2D eigenvalue weighted by molar-refractivity contribution is 7.26. The lowest BCUT2D eigenvalue weighted by Crippen LogP contribution is -2.02. The Kier molecular flexibility index (Phi) is 6.09. The highest BCUT2D eigenvalue weighted by Gasteiger charge is 2.15. The van der Waals surface area contributed by atoms with E-state index in [1.807, 2.05) is 36.5 Å². The summed E-state index contributed by atoms with van der Waals surface area (Å²) in [6, 6.07) is 38.0. The van der Waals surface area contributed by atoms with Gasteiger partial charge in [0.2, 0.25) is 0 Å². The van der Waals surface area contributed by atoms with Gasteiger partial charge in [-0.15, -0.1) is 11.3 Å². The first-order valence-electron chi connectivity index (χ1n) is 14.4. The van der Waals surface area contributed by atoms with Crippen molar-refractivity contribution in [1.29, 1.82) is 0 Å². The van der Waals surface area contributed by atoms with Gasteiger partial charge in [-0.25, -0.2) is 19.9 Å². The monoisotopic (exact) mass is 574 g/mol. The number of oxazole rings is 1. The zero-order valence-corrected chi connectivity index (χ0v) is 24.5. The van der Waals surface area contributed by atoms with Crippen molar-refractivity contribution in [3.63, 3.8) is 0 Å². The van der Waals surface area contributed by atoms with Crippen LogP contribution in [0.2, 0.25) is 0 Å². The standard InChI is InChI=1S/C37H26N4OS/c1-3-33-39-36(25-12-6-10-23(20-25)27-15-9-18-31-34(27)38-22(2)42-31)41-37(40-33)26-13-7-11-24(21-26)28-16-8-17-30-29-14-4-5-19-32(29)43-35(28)30/h4-21H,3H2,1-2H3. The molecular formula is C37H26N4OS. The highest BCUT2D eigenvalue weighted by atomic mass is 32.1. The number of para-hydroxylation sites is 1. The van der Waals surface area contributed by atoms with Gasteiger partial charge in [-0.2, -0.15) is 0 Å². The maximum absolute atomic E-state index is 5.78. The van der Waals surface area contributed by atoms with Gasteiger partial charge >= 0.3 is 0 Å². The molecule has 0 radical (unpaired) electrons. The Balaban J connectivity index is 1.22. The molecule has 3 aromatic heterocycles. The molecule has 5 nitrogen and oxygen atoms in total. The first-order valence-corrected chi connectivity index (χ1v) is 15.2. The van der Waals surface area contributed by atoms with Crippen LogP contribution in [-0.2, 0) is 6.42 Å². The van der Waals surface area contributed by atoms with E-state index in [0.717, 1.165) is 44.7 Å². The first kappa shape index (κ1) is 25.5. The van der Waals surface area contributed by atoms with E-state index >= 15 is 0 Å². The van der Waals surface area contributed by atoms with Crippen LogP contribution in [0.25, 0.3) is 76.3 Å². The Bertz CT molecular complexity index is 2320. The number of fused-ring (bicyclic) bond motifs is 4. The van der Waals surface area contributed by atoms with Crippen LogP contribution >= 0.6 is 11.3 Å². The summed E-state index contributed by atoms with van der Waals surface area (Å²) in [6.07, 6.45) is 0.709. The minimum absolute atomic E-state index is 0.652. The topological polar surface area (TPSA) is 64.7 Å². The number of aromatic nitrogens is 4. The highest BCUT2D eigenvalue weighted by Crippen LogP contribution is 2.40. The average molecular weight is 575 g/mol. The van der Waals surface area contributed by atoms with Crippen LogP contribution in [0.15, 0.2) is 114 Å². The molecule has 0 N–H and O–H groups in total. The Morgan fingerprint density at radius 2 is 1.23 bits per heavy atom. The molecule has 0 saturated carbocycles. The Morgan fingerprint density at radius 1 is 0.605 bits per heavy atom. The number of rotatable bonds is 5. The van der Waals surface area contributed by atoms with E-state index in [-0.39, 0.29) is 0 Å². The third-order valence-corrected chi connectivity index (χ3v) is 9.01. The van der Waals surface area contributed by atoms with Gasteiger partial charge in [-0.05, 0) is 41.0 Å². The molecule has 0 aliphatic rings. The van der Waals surface area contributed by atoms with E-state index in [1.54, 1.807) is 0 Å². The summed E-state index contributed by atoms with van der Waals surface area (Å²) in [5.41, 5.74) is 7.95. The van der Waals surface area contributed by atoms with Crippen LogP contribution in [0.4, 0.5) is 0 Å². The molecule has 0 spiro atoms. The van der Waals surface area contributed by atoms with Crippen LogP contribution in [-0.4, -0.2) is 19.9 Å². The fourth-order valence-electron chi connectivity index (χ4n) is 5.75. The molecule has 0 aliphatic heterocycles. The molecule has 3 heterocycles. The zero-order valence-electron chi connectivity index (χ0n) is 23.7. The average Bonchev–Trinajstić information content (AvgIpc) is 3.64. The van der Waals surface area contributed by atoms with Gasteiger partial charge < -0.3 is 4.42 Å². The molecule has 0 atom stereocenters. The molecule has 43 heavy (non-hydrogen) atoms. The third kappa shape index (κ3) is 4.47. The Labute approximate surface area is 252 Å². The summed E-state index contributed by atoms with van der Waals surface area (Å²) in [5.74, 6) is 2.74. The molecule has 0 unspecified atom stereocenters. The fourth-order valence-corrected chi connectivity index (χ4v) is 6.99. The van der Waals surface area contributed by atoms with Gasteiger partial charge in [0.25, 0.3) is 0 Å². The number of nitrogens with zero attached hydrogens (tertiary/aromatic N) is 4. The second kappa shape index (κ2) is 10.3. The van der Waals surface area contributed by atoms with Gasteiger partial charge in [-0.1, -0.05) is 91.9 Å². The number of hydrogen-bond donors (Lipinski definition) is 0. The van der Waals surface area contributed by atoms with Crippen molar-refractivity contribution in [2.45, 2.75) is 20.3 Å². The number of hydrogen-bond acceptors (Lipinski definition) is 6. The molecule has 0 aliphatic carbocycles. The van der Waals surface area contributed by atoms with E-state index in [2.05, 4.69) is 103 Å². The van der Waals surface area contributed by atoms with Crippen LogP contribution in [0.1, 0.15) is 18.6 Å². The summed E-state index contributed by atoms with van der Waals surface area (Å²) in [5, 5.41) is 2.59.